The van der Waals surface area contributed by atoms with Crippen molar-refractivity contribution in [2.75, 3.05) is 11.9 Å². The monoisotopic (exact) mass is 256 g/mol. The number of rotatable bonds is 4. The Morgan fingerprint density at radius 3 is 2.47 bits per heavy atom. The lowest BCUT2D eigenvalue weighted by Gasteiger charge is -2.13. The Morgan fingerprint density at radius 1 is 1.16 bits per heavy atom. The molecule has 0 aliphatic rings. The van der Waals surface area contributed by atoms with E-state index in [1.54, 1.807) is 42.5 Å². The molecule has 2 rings (SSSR count). The summed E-state index contributed by atoms with van der Waals surface area (Å²) in [5.74, 6) is -0.352. The highest BCUT2D eigenvalue weighted by molar-refractivity contribution is 5.44. The van der Waals surface area contributed by atoms with E-state index in [1.807, 2.05) is 6.07 Å². The number of para-hydroxylation sites is 1. The summed E-state index contributed by atoms with van der Waals surface area (Å²) in [6, 6.07) is 15.0. The largest absolute Gasteiger partial charge is 0.387 e. The molecule has 0 spiro atoms. The van der Waals surface area contributed by atoms with Crippen LogP contribution >= 0.6 is 0 Å². The Morgan fingerprint density at radius 2 is 1.84 bits per heavy atom. The van der Waals surface area contributed by atoms with Gasteiger partial charge in [0, 0.05) is 6.54 Å². The molecule has 0 saturated heterocycles. The standard InChI is InChI=1S/C15H13FN2O/c16-13-3-1-2-4-14(13)18-10-15(19)12-7-5-11(9-17)6-8-12/h1-8,15,18-19H,10H2. The molecule has 0 fully saturated rings. The van der Waals surface area contributed by atoms with Gasteiger partial charge in [0.05, 0.1) is 23.4 Å². The van der Waals surface area contributed by atoms with Crippen LogP contribution in [-0.4, -0.2) is 11.7 Å². The second-order valence-corrected chi connectivity index (χ2v) is 4.11. The minimum atomic E-state index is -0.757. The first-order valence-corrected chi connectivity index (χ1v) is 5.87. The van der Waals surface area contributed by atoms with E-state index >= 15 is 0 Å². The molecule has 0 aliphatic heterocycles. The normalized spacial score (nSPS) is 11.6. The predicted octanol–water partition coefficient (Wildman–Crippen LogP) is 2.84. The smallest absolute Gasteiger partial charge is 0.146 e. The van der Waals surface area contributed by atoms with E-state index < -0.39 is 6.10 Å². The number of benzene rings is 2. The van der Waals surface area contributed by atoms with Crippen molar-refractivity contribution in [2.24, 2.45) is 0 Å². The zero-order valence-corrected chi connectivity index (χ0v) is 10.2. The predicted molar refractivity (Wildman–Crippen MR) is 71.0 cm³/mol. The molecule has 0 aromatic heterocycles. The molecular formula is C15H13FN2O. The van der Waals surface area contributed by atoms with Crippen molar-refractivity contribution >= 4 is 5.69 Å². The molecule has 1 unspecified atom stereocenters. The zero-order chi connectivity index (χ0) is 13.7. The maximum absolute atomic E-state index is 13.4. The first-order valence-electron chi connectivity index (χ1n) is 5.87. The van der Waals surface area contributed by atoms with Crippen LogP contribution in [0, 0.1) is 17.1 Å². The fraction of sp³-hybridized carbons (Fsp3) is 0.133. The third kappa shape index (κ3) is 3.30. The molecule has 0 bridgehead atoms. The molecule has 19 heavy (non-hydrogen) atoms. The van der Waals surface area contributed by atoms with Gasteiger partial charge in [-0.3, -0.25) is 0 Å². The molecule has 2 aromatic carbocycles. The number of aliphatic hydroxyl groups is 1. The third-order valence-electron chi connectivity index (χ3n) is 2.78. The van der Waals surface area contributed by atoms with Crippen molar-refractivity contribution in [1.29, 1.82) is 5.26 Å². The lowest BCUT2D eigenvalue weighted by Crippen LogP contribution is -2.12. The first-order chi connectivity index (χ1) is 9.20. The fourth-order valence-electron chi connectivity index (χ4n) is 1.71. The van der Waals surface area contributed by atoms with Gasteiger partial charge in [0.1, 0.15) is 5.82 Å². The van der Waals surface area contributed by atoms with Crippen LogP contribution in [-0.2, 0) is 0 Å². The van der Waals surface area contributed by atoms with Crippen LogP contribution in [0.3, 0.4) is 0 Å². The number of hydrogen-bond acceptors (Lipinski definition) is 3. The highest BCUT2D eigenvalue weighted by atomic mass is 19.1. The van der Waals surface area contributed by atoms with E-state index in [9.17, 15) is 9.50 Å². The minimum Gasteiger partial charge on any atom is -0.387 e. The average molecular weight is 256 g/mol. The van der Waals surface area contributed by atoms with Crippen LogP contribution in [0.2, 0.25) is 0 Å². The van der Waals surface area contributed by atoms with Crippen LogP contribution in [0.25, 0.3) is 0 Å². The molecule has 2 N–H and O–H groups in total. The van der Waals surface area contributed by atoms with Crippen molar-refractivity contribution < 1.29 is 9.50 Å². The van der Waals surface area contributed by atoms with Gasteiger partial charge in [-0.05, 0) is 29.8 Å². The summed E-state index contributed by atoms with van der Waals surface area (Å²) in [6.07, 6.45) is -0.757. The zero-order valence-electron chi connectivity index (χ0n) is 10.2. The van der Waals surface area contributed by atoms with Gasteiger partial charge < -0.3 is 10.4 Å². The van der Waals surface area contributed by atoms with Crippen LogP contribution in [0.4, 0.5) is 10.1 Å². The van der Waals surface area contributed by atoms with Gasteiger partial charge in [0.25, 0.3) is 0 Å². The summed E-state index contributed by atoms with van der Waals surface area (Å²) in [7, 11) is 0. The van der Waals surface area contributed by atoms with Crippen molar-refractivity contribution in [2.45, 2.75) is 6.10 Å². The Kier molecular flexibility index (Phi) is 4.11. The van der Waals surface area contributed by atoms with E-state index in [-0.39, 0.29) is 12.4 Å². The summed E-state index contributed by atoms with van der Waals surface area (Å²) >= 11 is 0. The molecule has 4 heteroatoms. The number of nitrogens with zero attached hydrogens (tertiary/aromatic N) is 1. The van der Waals surface area contributed by atoms with E-state index in [0.29, 0.717) is 16.8 Å². The van der Waals surface area contributed by atoms with E-state index in [0.717, 1.165) is 0 Å². The van der Waals surface area contributed by atoms with Crippen LogP contribution in [0.1, 0.15) is 17.2 Å². The number of nitriles is 1. The average Bonchev–Trinajstić information content (AvgIpc) is 2.46. The quantitative estimate of drug-likeness (QED) is 0.884. The molecule has 0 saturated carbocycles. The number of halogens is 1. The van der Waals surface area contributed by atoms with Crippen LogP contribution < -0.4 is 5.32 Å². The van der Waals surface area contributed by atoms with Gasteiger partial charge in [-0.25, -0.2) is 4.39 Å². The molecule has 0 aliphatic carbocycles. The lowest BCUT2D eigenvalue weighted by molar-refractivity contribution is 0.191. The maximum atomic E-state index is 13.4. The molecule has 0 radical (unpaired) electrons. The molecule has 3 nitrogen and oxygen atoms in total. The van der Waals surface area contributed by atoms with Gasteiger partial charge in [-0.15, -0.1) is 0 Å². The molecule has 96 valence electrons. The fourth-order valence-corrected chi connectivity index (χ4v) is 1.71. The summed E-state index contributed by atoms with van der Waals surface area (Å²) < 4.78 is 13.4. The van der Waals surface area contributed by atoms with Crippen molar-refractivity contribution in [1.82, 2.24) is 0 Å². The minimum absolute atomic E-state index is 0.201. The Hall–Kier alpha value is -2.38. The summed E-state index contributed by atoms with van der Waals surface area (Å²) in [6.45, 7) is 0.201. The number of hydrogen-bond donors (Lipinski definition) is 2. The van der Waals surface area contributed by atoms with Gasteiger partial charge in [-0.2, -0.15) is 5.26 Å². The summed E-state index contributed by atoms with van der Waals surface area (Å²) in [4.78, 5) is 0. The van der Waals surface area contributed by atoms with Crippen molar-refractivity contribution in [3.8, 4) is 6.07 Å². The lowest BCUT2D eigenvalue weighted by atomic mass is 10.1. The molecule has 2 aromatic rings. The Labute approximate surface area is 110 Å². The second kappa shape index (κ2) is 5.98. The molecular weight excluding hydrogens is 243 g/mol. The SMILES string of the molecule is N#Cc1ccc(C(O)CNc2ccccc2F)cc1. The van der Waals surface area contributed by atoms with Gasteiger partial charge in [-0.1, -0.05) is 24.3 Å². The third-order valence-corrected chi connectivity index (χ3v) is 2.78. The van der Waals surface area contributed by atoms with Gasteiger partial charge in [0.15, 0.2) is 0 Å². The van der Waals surface area contributed by atoms with E-state index in [1.165, 1.54) is 6.07 Å². The Balaban J connectivity index is 1.99. The van der Waals surface area contributed by atoms with Crippen LogP contribution in [0.15, 0.2) is 48.5 Å². The maximum Gasteiger partial charge on any atom is 0.146 e. The number of aliphatic hydroxyl groups excluding tert-OH is 1. The van der Waals surface area contributed by atoms with E-state index in [2.05, 4.69) is 5.32 Å². The second-order valence-electron chi connectivity index (χ2n) is 4.11. The van der Waals surface area contributed by atoms with Crippen LogP contribution in [0.5, 0.6) is 0 Å². The van der Waals surface area contributed by atoms with E-state index in [4.69, 9.17) is 5.26 Å². The molecule has 1 atom stereocenters. The summed E-state index contributed by atoms with van der Waals surface area (Å²) in [5, 5.41) is 21.5. The molecule has 0 heterocycles. The van der Waals surface area contributed by atoms with Gasteiger partial charge in [0.2, 0.25) is 0 Å². The highest BCUT2D eigenvalue weighted by Gasteiger charge is 2.08. The topological polar surface area (TPSA) is 56.0 Å². The van der Waals surface area contributed by atoms with Crippen molar-refractivity contribution in [3.05, 3.63) is 65.5 Å². The summed E-state index contributed by atoms with van der Waals surface area (Å²) in [5.41, 5.74) is 1.58. The number of nitrogens with one attached hydrogen (secondary N) is 1. The highest BCUT2D eigenvalue weighted by Crippen LogP contribution is 2.17. The van der Waals surface area contributed by atoms with Crippen molar-refractivity contribution in [3.63, 3.8) is 0 Å². The van der Waals surface area contributed by atoms with Gasteiger partial charge >= 0.3 is 0 Å². The first kappa shape index (κ1) is 13.1. The Bertz CT molecular complexity index is 590. The number of anilines is 1. The molecule has 0 amide bonds.